The number of rotatable bonds is 5. The van der Waals surface area contributed by atoms with Gasteiger partial charge in [-0.25, -0.2) is 4.79 Å². The smallest absolute Gasteiger partial charge is 0.340 e. The summed E-state index contributed by atoms with van der Waals surface area (Å²) in [6.45, 7) is 3.61. The Morgan fingerprint density at radius 1 is 1.04 bits per heavy atom. The molecule has 138 valence electrons. The number of benzene rings is 2. The Balaban J connectivity index is 2.27. The highest BCUT2D eigenvalue weighted by Gasteiger charge is 2.25. The summed E-state index contributed by atoms with van der Waals surface area (Å²) in [6.07, 6.45) is 0.256. The number of esters is 1. The van der Waals surface area contributed by atoms with Crippen molar-refractivity contribution in [3.05, 3.63) is 93.4 Å². The van der Waals surface area contributed by atoms with Crippen LogP contribution < -0.4 is 5.56 Å². The number of carbonyl (C=O) groups excluding carboxylic acids is 1. The highest BCUT2D eigenvalue weighted by atomic mass is 16.5. The lowest BCUT2D eigenvalue weighted by Crippen LogP contribution is -2.26. The molecule has 0 radical (unpaired) electrons. The summed E-state index contributed by atoms with van der Waals surface area (Å²) in [5, 5.41) is 10.7. The summed E-state index contributed by atoms with van der Waals surface area (Å²) in [6, 6.07) is 18.3. The Labute approximate surface area is 157 Å². The van der Waals surface area contributed by atoms with E-state index in [0.717, 1.165) is 5.56 Å². The molecule has 1 N–H and O–H groups in total. The first-order chi connectivity index (χ1) is 13.0. The van der Waals surface area contributed by atoms with Crippen molar-refractivity contribution in [2.24, 2.45) is 0 Å². The zero-order valence-corrected chi connectivity index (χ0v) is 15.3. The van der Waals surface area contributed by atoms with Gasteiger partial charge in [-0.3, -0.25) is 9.36 Å². The van der Waals surface area contributed by atoms with Gasteiger partial charge >= 0.3 is 5.97 Å². The topological polar surface area (TPSA) is 68.5 Å². The molecule has 0 fully saturated rings. The second-order valence-electron chi connectivity index (χ2n) is 6.15. The monoisotopic (exact) mass is 363 g/mol. The minimum absolute atomic E-state index is 0.203. The van der Waals surface area contributed by atoms with Gasteiger partial charge < -0.3 is 9.84 Å². The molecule has 0 aliphatic rings. The number of hydrogen-bond acceptors (Lipinski definition) is 4. The summed E-state index contributed by atoms with van der Waals surface area (Å²) < 4.78 is 6.55. The molecule has 0 amide bonds. The largest absolute Gasteiger partial charge is 0.503 e. The lowest BCUT2D eigenvalue weighted by molar-refractivity contribution is 0.0522. The molecule has 0 spiro atoms. The maximum atomic E-state index is 12.9. The van der Waals surface area contributed by atoms with E-state index in [4.69, 9.17) is 4.74 Å². The number of aromatic hydroxyl groups is 1. The van der Waals surface area contributed by atoms with E-state index in [1.165, 1.54) is 4.57 Å². The van der Waals surface area contributed by atoms with Crippen molar-refractivity contribution < 1.29 is 14.6 Å². The van der Waals surface area contributed by atoms with Crippen LogP contribution in [0.1, 0.15) is 34.1 Å². The predicted octanol–water partition coefficient (Wildman–Crippen LogP) is 3.62. The van der Waals surface area contributed by atoms with Gasteiger partial charge in [-0.1, -0.05) is 48.5 Å². The molecule has 0 atom stereocenters. The molecule has 3 aromatic rings. The summed E-state index contributed by atoms with van der Waals surface area (Å²) in [7, 11) is 0. The van der Waals surface area contributed by atoms with E-state index in [1.807, 2.05) is 36.4 Å². The molecule has 2 aromatic carbocycles. The van der Waals surface area contributed by atoms with Crippen molar-refractivity contribution in [3.63, 3.8) is 0 Å². The number of para-hydroxylation sites is 1. The molecule has 5 heteroatoms. The van der Waals surface area contributed by atoms with Gasteiger partial charge in [0, 0.05) is 23.4 Å². The average Bonchev–Trinajstić information content (AvgIpc) is 2.68. The van der Waals surface area contributed by atoms with Gasteiger partial charge in [-0.15, -0.1) is 0 Å². The van der Waals surface area contributed by atoms with Crippen LogP contribution in [-0.4, -0.2) is 22.2 Å². The van der Waals surface area contributed by atoms with Crippen LogP contribution in [0.3, 0.4) is 0 Å². The van der Waals surface area contributed by atoms with Crippen molar-refractivity contribution >= 4 is 5.97 Å². The van der Waals surface area contributed by atoms with Crippen molar-refractivity contribution in [2.45, 2.75) is 20.3 Å². The first kappa shape index (κ1) is 18.5. The molecule has 1 heterocycles. The second-order valence-corrected chi connectivity index (χ2v) is 6.15. The molecule has 3 rings (SSSR count). The summed E-state index contributed by atoms with van der Waals surface area (Å²) in [5.74, 6) is -0.989. The van der Waals surface area contributed by atoms with Crippen molar-refractivity contribution in [3.8, 4) is 11.4 Å². The second kappa shape index (κ2) is 7.91. The minimum atomic E-state index is -0.558. The lowest BCUT2D eigenvalue weighted by atomic mass is 9.97. The molecule has 0 aliphatic carbocycles. The lowest BCUT2D eigenvalue weighted by Gasteiger charge is -2.18. The van der Waals surface area contributed by atoms with E-state index in [0.29, 0.717) is 11.4 Å². The third kappa shape index (κ3) is 3.62. The first-order valence-electron chi connectivity index (χ1n) is 8.78. The molecular formula is C22H21NO4. The van der Waals surface area contributed by atoms with E-state index in [-0.39, 0.29) is 24.2 Å². The van der Waals surface area contributed by atoms with Gasteiger partial charge in [0.05, 0.1) is 12.2 Å². The number of ether oxygens (including phenoxy) is 1. The summed E-state index contributed by atoms with van der Waals surface area (Å²) in [5.41, 5.74) is 1.85. The third-order valence-electron chi connectivity index (χ3n) is 4.41. The van der Waals surface area contributed by atoms with E-state index in [9.17, 15) is 14.7 Å². The fourth-order valence-corrected chi connectivity index (χ4v) is 3.17. The van der Waals surface area contributed by atoms with Crippen molar-refractivity contribution in [1.82, 2.24) is 4.57 Å². The summed E-state index contributed by atoms with van der Waals surface area (Å²) >= 11 is 0. The number of aromatic nitrogens is 1. The van der Waals surface area contributed by atoms with Crippen LogP contribution in [0.25, 0.3) is 5.69 Å². The number of carbonyl (C=O) groups is 1. The zero-order chi connectivity index (χ0) is 19.4. The van der Waals surface area contributed by atoms with Crippen LogP contribution in [-0.2, 0) is 11.2 Å². The number of hydrogen-bond donors (Lipinski definition) is 1. The maximum absolute atomic E-state index is 12.9. The van der Waals surface area contributed by atoms with E-state index >= 15 is 0 Å². The van der Waals surface area contributed by atoms with E-state index < -0.39 is 17.3 Å². The Bertz CT molecular complexity index is 1010. The maximum Gasteiger partial charge on any atom is 0.340 e. The molecule has 0 saturated carbocycles. The normalized spacial score (nSPS) is 10.6. The number of nitrogens with zero attached hydrogens (tertiary/aromatic N) is 1. The Morgan fingerprint density at radius 2 is 1.63 bits per heavy atom. The SMILES string of the molecule is CCOC(=O)c1c(Cc2ccccc2)c(O)c(=O)n(-c2ccccc2)c1C. The highest BCUT2D eigenvalue weighted by Crippen LogP contribution is 2.26. The van der Waals surface area contributed by atoms with Crippen LogP contribution in [0.2, 0.25) is 0 Å². The van der Waals surface area contributed by atoms with Gasteiger partial charge in [0.15, 0.2) is 5.75 Å². The third-order valence-corrected chi connectivity index (χ3v) is 4.41. The molecule has 0 bridgehead atoms. The quantitative estimate of drug-likeness (QED) is 0.703. The molecule has 1 aromatic heterocycles. The zero-order valence-electron chi connectivity index (χ0n) is 15.3. The molecular weight excluding hydrogens is 342 g/mol. The Hall–Kier alpha value is -3.34. The van der Waals surface area contributed by atoms with Gasteiger partial charge in [0.1, 0.15) is 0 Å². The van der Waals surface area contributed by atoms with Crippen molar-refractivity contribution in [1.29, 1.82) is 0 Å². The fraction of sp³-hybridized carbons (Fsp3) is 0.182. The molecule has 5 nitrogen and oxygen atoms in total. The predicted molar refractivity (Wildman–Crippen MR) is 104 cm³/mol. The standard InChI is InChI=1S/C22H21NO4/c1-3-27-22(26)19-15(2)23(17-12-8-5-9-13-17)21(25)20(24)18(19)14-16-10-6-4-7-11-16/h4-13,24H,3,14H2,1-2H3. The fourth-order valence-electron chi connectivity index (χ4n) is 3.17. The van der Waals surface area contributed by atoms with Crippen LogP contribution in [0.15, 0.2) is 65.5 Å². The molecule has 0 aliphatic heterocycles. The highest BCUT2D eigenvalue weighted by molar-refractivity contribution is 5.93. The minimum Gasteiger partial charge on any atom is -0.503 e. The van der Waals surface area contributed by atoms with Gasteiger partial charge in [0.25, 0.3) is 5.56 Å². The summed E-state index contributed by atoms with van der Waals surface area (Å²) in [4.78, 5) is 25.6. The Kier molecular flexibility index (Phi) is 5.41. The van der Waals surface area contributed by atoms with Crippen LogP contribution >= 0.6 is 0 Å². The number of pyridine rings is 1. The molecule has 27 heavy (non-hydrogen) atoms. The first-order valence-corrected chi connectivity index (χ1v) is 8.78. The van der Waals surface area contributed by atoms with E-state index in [2.05, 4.69) is 0 Å². The van der Waals surface area contributed by atoms with Crippen LogP contribution in [0.5, 0.6) is 5.75 Å². The average molecular weight is 363 g/mol. The van der Waals surface area contributed by atoms with Gasteiger partial charge in [-0.2, -0.15) is 0 Å². The van der Waals surface area contributed by atoms with Crippen LogP contribution in [0.4, 0.5) is 0 Å². The molecule has 0 unspecified atom stereocenters. The van der Waals surface area contributed by atoms with E-state index in [1.54, 1.807) is 38.1 Å². The Morgan fingerprint density at radius 3 is 2.22 bits per heavy atom. The van der Waals surface area contributed by atoms with Crippen molar-refractivity contribution in [2.75, 3.05) is 6.61 Å². The van der Waals surface area contributed by atoms with Gasteiger partial charge in [0.2, 0.25) is 0 Å². The van der Waals surface area contributed by atoms with Gasteiger partial charge in [-0.05, 0) is 31.5 Å². The molecule has 0 saturated heterocycles. The van der Waals surface area contributed by atoms with Crippen LogP contribution in [0, 0.1) is 6.92 Å².